The Balaban J connectivity index is 1.21. The fourth-order valence-electron chi connectivity index (χ4n) is 8.86. The van der Waals surface area contributed by atoms with Crippen LogP contribution in [0.1, 0.15) is 87.7 Å². The standard InChI is InChI=1S/C32H38N2O/c1-32-13-6-5-9-29(32)27-11-10-26(35)20-30(27)34(32)31-19-23(12-14-33-31)28-17-21-15-24(18-25(28)16-21)22-7-3-2-4-8-22/h2-4,7,10-12,14,19-22,24-25,28-29,35H,5-6,8-9,13,15-18H2,1H3. The number of fused-ring (bicyclic) bond motifs is 5. The van der Waals surface area contributed by atoms with Crippen LogP contribution in [0.4, 0.5) is 11.5 Å². The number of nitrogens with zero attached hydrogens (tertiary/aromatic N) is 2. The maximum Gasteiger partial charge on any atom is 0.133 e. The fraction of sp³-hybridized carbons (Fsp3) is 0.531. The SMILES string of the molecule is CC12CCCCC1c1ccc(O)cc1N2c1cc(C2CC3CC(C4C=CC=CC4)CC2C3)ccn1. The van der Waals surface area contributed by atoms with E-state index in [0.29, 0.717) is 17.6 Å². The predicted molar refractivity (Wildman–Crippen MR) is 142 cm³/mol. The Morgan fingerprint density at radius 3 is 2.80 bits per heavy atom. The van der Waals surface area contributed by atoms with Crippen LogP contribution >= 0.6 is 0 Å². The van der Waals surface area contributed by atoms with Crippen LogP contribution in [0.5, 0.6) is 5.75 Å². The van der Waals surface area contributed by atoms with Crippen molar-refractivity contribution in [1.82, 2.24) is 4.98 Å². The zero-order chi connectivity index (χ0) is 23.6. The third-order valence-corrected chi connectivity index (χ3v) is 10.4. The highest BCUT2D eigenvalue weighted by molar-refractivity contribution is 5.74. The second kappa shape index (κ2) is 8.25. The minimum absolute atomic E-state index is 0.0392. The lowest BCUT2D eigenvalue weighted by atomic mass is 9.72. The van der Waals surface area contributed by atoms with Gasteiger partial charge >= 0.3 is 0 Å². The quantitative estimate of drug-likeness (QED) is 0.498. The van der Waals surface area contributed by atoms with Gasteiger partial charge in [-0.05, 0) is 111 Å². The molecule has 1 aliphatic heterocycles. The number of allylic oxidation sites excluding steroid dienone is 4. The number of pyridine rings is 1. The number of rotatable bonds is 3. The normalized spacial score (nSPS) is 37.3. The molecular formula is C32H38N2O. The summed E-state index contributed by atoms with van der Waals surface area (Å²) >= 11 is 0. The van der Waals surface area contributed by atoms with Gasteiger partial charge in [0.1, 0.15) is 11.6 Å². The Kier molecular flexibility index (Phi) is 5.12. The van der Waals surface area contributed by atoms with Crippen molar-refractivity contribution in [2.45, 2.75) is 82.1 Å². The molecule has 3 fully saturated rings. The molecule has 2 bridgehead atoms. The lowest BCUT2D eigenvalue weighted by Gasteiger charge is -2.43. The number of hydrogen-bond acceptors (Lipinski definition) is 3. The molecule has 0 radical (unpaired) electrons. The van der Waals surface area contributed by atoms with Gasteiger partial charge in [0.05, 0.1) is 11.2 Å². The van der Waals surface area contributed by atoms with Crippen LogP contribution in [0, 0.1) is 23.7 Å². The Morgan fingerprint density at radius 2 is 1.91 bits per heavy atom. The average molecular weight is 467 g/mol. The molecule has 2 aromatic rings. The van der Waals surface area contributed by atoms with E-state index in [9.17, 15) is 5.11 Å². The van der Waals surface area contributed by atoms with Crippen molar-refractivity contribution in [1.29, 1.82) is 0 Å². The first kappa shape index (κ1) is 21.7. The summed E-state index contributed by atoms with van der Waals surface area (Å²) in [6.45, 7) is 2.43. The smallest absolute Gasteiger partial charge is 0.133 e. The van der Waals surface area contributed by atoms with E-state index in [1.807, 2.05) is 12.1 Å². The first-order valence-electron chi connectivity index (χ1n) is 14.0. The molecule has 1 aromatic carbocycles. The van der Waals surface area contributed by atoms with Gasteiger partial charge in [-0.2, -0.15) is 0 Å². The Hall–Kier alpha value is -2.55. The van der Waals surface area contributed by atoms with Crippen molar-refractivity contribution >= 4 is 11.5 Å². The van der Waals surface area contributed by atoms with Crippen molar-refractivity contribution < 1.29 is 5.11 Å². The predicted octanol–water partition coefficient (Wildman–Crippen LogP) is 8.01. The number of hydrogen-bond donors (Lipinski definition) is 1. The van der Waals surface area contributed by atoms with E-state index in [0.717, 1.165) is 29.5 Å². The zero-order valence-electron chi connectivity index (χ0n) is 20.9. The summed E-state index contributed by atoms with van der Waals surface area (Å²) < 4.78 is 0. The molecule has 4 aliphatic carbocycles. The van der Waals surface area contributed by atoms with E-state index in [-0.39, 0.29) is 5.54 Å². The summed E-state index contributed by atoms with van der Waals surface area (Å²) in [5, 5.41) is 10.4. The third kappa shape index (κ3) is 3.49. The van der Waals surface area contributed by atoms with Crippen molar-refractivity contribution in [2.24, 2.45) is 23.7 Å². The fourth-order valence-corrected chi connectivity index (χ4v) is 8.86. The molecule has 7 rings (SSSR count). The Bertz CT molecular complexity index is 1180. The molecule has 1 N–H and O–H groups in total. The van der Waals surface area contributed by atoms with Crippen molar-refractivity contribution in [3.05, 3.63) is 72.0 Å². The summed E-state index contributed by atoms with van der Waals surface area (Å²) in [6.07, 6.45) is 23.1. The van der Waals surface area contributed by atoms with E-state index in [2.05, 4.69) is 60.5 Å². The third-order valence-electron chi connectivity index (χ3n) is 10.4. The second-order valence-corrected chi connectivity index (χ2v) is 12.3. The topological polar surface area (TPSA) is 36.4 Å². The molecule has 3 nitrogen and oxygen atoms in total. The van der Waals surface area contributed by atoms with Crippen molar-refractivity contribution in [3.8, 4) is 5.75 Å². The molecule has 1 aromatic heterocycles. The minimum atomic E-state index is 0.0392. The van der Waals surface area contributed by atoms with Crippen LogP contribution in [0.3, 0.4) is 0 Å². The van der Waals surface area contributed by atoms with Crippen LogP contribution in [0.25, 0.3) is 0 Å². The van der Waals surface area contributed by atoms with Gasteiger partial charge in [0.2, 0.25) is 0 Å². The molecule has 3 heteroatoms. The highest BCUT2D eigenvalue weighted by Crippen LogP contribution is 2.58. The molecule has 0 saturated heterocycles. The van der Waals surface area contributed by atoms with Gasteiger partial charge in [0.15, 0.2) is 0 Å². The maximum atomic E-state index is 10.4. The lowest BCUT2D eigenvalue weighted by Crippen LogP contribution is -2.45. The number of aromatic nitrogens is 1. The molecule has 7 unspecified atom stereocenters. The van der Waals surface area contributed by atoms with Crippen LogP contribution in [0.2, 0.25) is 0 Å². The van der Waals surface area contributed by atoms with E-state index in [1.165, 1.54) is 74.6 Å². The molecule has 5 aliphatic rings. The molecule has 7 atom stereocenters. The maximum absolute atomic E-state index is 10.4. The number of aromatic hydroxyl groups is 1. The average Bonchev–Trinajstić information content (AvgIpc) is 3.33. The highest BCUT2D eigenvalue weighted by Gasteiger charge is 2.50. The number of phenolic OH excluding ortho intramolecular Hbond substituents is 1. The molecule has 3 saturated carbocycles. The molecular weight excluding hydrogens is 428 g/mol. The van der Waals surface area contributed by atoms with Gasteiger partial charge in [-0.1, -0.05) is 43.2 Å². The number of benzene rings is 1. The summed E-state index contributed by atoms with van der Waals surface area (Å²) in [5.41, 5.74) is 4.10. The van der Waals surface area contributed by atoms with Gasteiger partial charge in [-0.15, -0.1) is 0 Å². The van der Waals surface area contributed by atoms with Gasteiger partial charge in [-0.3, -0.25) is 0 Å². The van der Waals surface area contributed by atoms with Gasteiger partial charge < -0.3 is 10.0 Å². The lowest BCUT2D eigenvalue weighted by molar-refractivity contribution is 0.210. The Labute approximate surface area is 210 Å². The van der Waals surface area contributed by atoms with Crippen molar-refractivity contribution in [3.63, 3.8) is 0 Å². The molecule has 182 valence electrons. The van der Waals surface area contributed by atoms with E-state index in [1.54, 1.807) is 0 Å². The minimum Gasteiger partial charge on any atom is -0.508 e. The molecule has 0 amide bonds. The van der Waals surface area contributed by atoms with Crippen LogP contribution < -0.4 is 4.90 Å². The molecule has 2 heterocycles. The monoisotopic (exact) mass is 466 g/mol. The van der Waals surface area contributed by atoms with Gasteiger partial charge in [-0.25, -0.2) is 4.98 Å². The van der Waals surface area contributed by atoms with Gasteiger partial charge in [0.25, 0.3) is 0 Å². The molecule has 35 heavy (non-hydrogen) atoms. The largest absolute Gasteiger partial charge is 0.508 e. The van der Waals surface area contributed by atoms with E-state index in [4.69, 9.17) is 4.98 Å². The van der Waals surface area contributed by atoms with Crippen LogP contribution in [-0.4, -0.2) is 15.6 Å². The summed E-state index contributed by atoms with van der Waals surface area (Å²) in [7, 11) is 0. The van der Waals surface area contributed by atoms with Crippen LogP contribution in [-0.2, 0) is 0 Å². The van der Waals surface area contributed by atoms with Crippen LogP contribution in [0.15, 0.2) is 60.8 Å². The van der Waals surface area contributed by atoms with Gasteiger partial charge in [0, 0.05) is 18.2 Å². The first-order chi connectivity index (χ1) is 17.1. The highest BCUT2D eigenvalue weighted by atomic mass is 16.3. The Morgan fingerprint density at radius 1 is 1.00 bits per heavy atom. The molecule has 0 spiro atoms. The second-order valence-electron chi connectivity index (χ2n) is 12.3. The van der Waals surface area contributed by atoms with E-state index >= 15 is 0 Å². The summed E-state index contributed by atoms with van der Waals surface area (Å²) in [5.74, 6) is 5.90. The summed E-state index contributed by atoms with van der Waals surface area (Å²) in [6, 6.07) is 10.7. The van der Waals surface area contributed by atoms with Crippen molar-refractivity contribution in [2.75, 3.05) is 4.90 Å². The van der Waals surface area contributed by atoms with E-state index < -0.39 is 0 Å². The first-order valence-corrected chi connectivity index (χ1v) is 14.0. The number of phenols is 1. The zero-order valence-corrected chi connectivity index (χ0v) is 20.9. The summed E-state index contributed by atoms with van der Waals surface area (Å²) in [4.78, 5) is 7.46. The number of anilines is 2.